The quantitative estimate of drug-likeness (QED) is 0.834. The predicted molar refractivity (Wildman–Crippen MR) is 81.2 cm³/mol. The fourth-order valence-corrected chi connectivity index (χ4v) is 2.81. The first-order valence-corrected chi connectivity index (χ1v) is 7.03. The Balaban J connectivity index is 1.96. The largest absolute Gasteiger partial charge is 0.497 e. The number of aryl methyl sites for hydroxylation is 2. The zero-order valence-corrected chi connectivity index (χ0v) is 12.5. The molecule has 0 radical (unpaired) electrons. The minimum Gasteiger partial charge on any atom is -0.497 e. The van der Waals surface area contributed by atoms with E-state index in [1.165, 1.54) is 11.1 Å². The van der Waals surface area contributed by atoms with Gasteiger partial charge in [-0.2, -0.15) is 0 Å². The number of hydrogen-bond acceptors (Lipinski definition) is 3. The van der Waals surface area contributed by atoms with E-state index < -0.39 is 0 Å². The van der Waals surface area contributed by atoms with E-state index in [1.54, 1.807) is 19.2 Å². The number of carbonyl (C=O) groups excluding carboxylic acids is 1. The first-order valence-electron chi connectivity index (χ1n) is 7.03. The predicted octanol–water partition coefficient (Wildman–Crippen LogP) is 4.02. The highest BCUT2D eigenvalue weighted by molar-refractivity contribution is 6.00. The van der Waals surface area contributed by atoms with Crippen LogP contribution in [-0.4, -0.2) is 12.9 Å². The van der Waals surface area contributed by atoms with Crippen molar-refractivity contribution in [2.45, 2.75) is 26.4 Å². The molecule has 3 nitrogen and oxygen atoms in total. The van der Waals surface area contributed by atoms with Gasteiger partial charge in [-0.15, -0.1) is 0 Å². The molecule has 0 saturated carbocycles. The molecule has 0 aliphatic carbocycles. The molecule has 1 aliphatic heterocycles. The number of methoxy groups -OCH3 is 1. The van der Waals surface area contributed by atoms with Gasteiger partial charge in [0.1, 0.15) is 17.6 Å². The van der Waals surface area contributed by atoms with E-state index in [2.05, 4.69) is 32.0 Å². The maximum atomic E-state index is 12.4. The summed E-state index contributed by atoms with van der Waals surface area (Å²) in [5.41, 5.74) is 4.03. The summed E-state index contributed by atoms with van der Waals surface area (Å²) in [7, 11) is 1.59. The molecule has 1 aliphatic rings. The fourth-order valence-electron chi connectivity index (χ4n) is 2.81. The van der Waals surface area contributed by atoms with Crippen LogP contribution in [0.3, 0.4) is 0 Å². The Labute approximate surface area is 124 Å². The molecule has 1 atom stereocenters. The third kappa shape index (κ3) is 2.64. The van der Waals surface area contributed by atoms with E-state index in [0.29, 0.717) is 23.5 Å². The Bertz CT molecular complexity index is 683. The van der Waals surface area contributed by atoms with E-state index in [1.807, 2.05) is 6.07 Å². The van der Waals surface area contributed by atoms with E-state index in [9.17, 15) is 4.79 Å². The summed E-state index contributed by atoms with van der Waals surface area (Å²) in [6.07, 6.45) is 0.153. The average Bonchev–Trinajstić information content (AvgIpc) is 2.46. The van der Waals surface area contributed by atoms with E-state index in [0.717, 1.165) is 5.56 Å². The maximum absolute atomic E-state index is 12.4. The summed E-state index contributed by atoms with van der Waals surface area (Å²) in [6, 6.07) is 11.7. The molecule has 3 rings (SSSR count). The smallest absolute Gasteiger partial charge is 0.170 e. The fraction of sp³-hybridized carbons (Fsp3) is 0.278. The number of ether oxygens (including phenoxy) is 2. The summed E-state index contributed by atoms with van der Waals surface area (Å²) < 4.78 is 11.2. The first kappa shape index (κ1) is 13.7. The summed E-state index contributed by atoms with van der Waals surface area (Å²) in [5, 5.41) is 0. The standard InChI is InChI=1S/C18H18O3/c1-11-6-12(2)8-13(7-11)18-10-16(19)15-9-14(20-3)4-5-17(15)21-18/h4-9,18H,10H2,1-3H3. The van der Waals surface area contributed by atoms with E-state index in [4.69, 9.17) is 9.47 Å². The number of benzene rings is 2. The van der Waals surface area contributed by atoms with Crippen LogP contribution in [-0.2, 0) is 0 Å². The van der Waals surface area contributed by atoms with Gasteiger partial charge in [0.25, 0.3) is 0 Å². The monoisotopic (exact) mass is 282 g/mol. The molecule has 0 saturated heterocycles. The molecular formula is C18H18O3. The number of fused-ring (bicyclic) bond motifs is 1. The van der Waals surface area contributed by atoms with Crippen molar-refractivity contribution in [3.05, 3.63) is 58.7 Å². The van der Waals surface area contributed by atoms with Gasteiger partial charge in [0.05, 0.1) is 19.1 Å². The summed E-state index contributed by atoms with van der Waals surface area (Å²) in [4.78, 5) is 12.4. The lowest BCUT2D eigenvalue weighted by Gasteiger charge is -2.26. The molecule has 108 valence electrons. The Hall–Kier alpha value is -2.29. The van der Waals surface area contributed by atoms with Crippen LogP contribution in [0.25, 0.3) is 0 Å². The van der Waals surface area contributed by atoms with Gasteiger partial charge in [-0.05, 0) is 37.6 Å². The van der Waals surface area contributed by atoms with Crippen molar-refractivity contribution < 1.29 is 14.3 Å². The second-order valence-electron chi connectivity index (χ2n) is 5.52. The molecule has 0 N–H and O–H groups in total. The van der Waals surface area contributed by atoms with Gasteiger partial charge in [-0.3, -0.25) is 4.79 Å². The van der Waals surface area contributed by atoms with Gasteiger partial charge in [-0.25, -0.2) is 0 Å². The van der Waals surface area contributed by atoms with Crippen LogP contribution in [0.4, 0.5) is 0 Å². The Kier molecular flexibility index (Phi) is 3.42. The molecule has 0 amide bonds. The van der Waals surface area contributed by atoms with E-state index in [-0.39, 0.29) is 11.9 Å². The molecule has 1 unspecified atom stereocenters. The third-order valence-electron chi connectivity index (χ3n) is 3.74. The second-order valence-corrected chi connectivity index (χ2v) is 5.52. The minimum absolute atomic E-state index is 0.0966. The summed E-state index contributed by atoms with van der Waals surface area (Å²) in [6.45, 7) is 4.11. The first-order chi connectivity index (χ1) is 10.1. The van der Waals surface area contributed by atoms with Gasteiger partial charge >= 0.3 is 0 Å². The Morgan fingerprint density at radius 1 is 1.10 bits per heavy atom. The van der Waals surface area contributed by atoms with Gasteiger partial charge in [0.15, 0.2) is 5.78 Å². The van der Waals surface area contributed by atoms with Gasteiger partial charge in [0.2, 0.25) is 0 Å². The third-order valence-corrected chi connectivity index (χ3v) is 3.74. The molecule has 2 aromatic rings. The highest BCUT2D eigenvalue weighted by Gasteiger charge is 2.28. The second kappa shape index (κ2) is 5.24. The van der Waals surface area contributed by atoms with Crippen molar-refractivity contribution in [2.24, 2.45) is 0 Å². The van der Waals surface area contributed by atoms with Gasteiger partial charge in [-0.1, -0.05) is 29.3 Å². The Morgan fingerprint density at radius 3 is 2.48 bits per heavy atom. The van der Waals surface area contributed by atoms with Crippen molar-refractivity contribution in [2.75, 3.05) is 7.11 Å². The SMILES string of the molecule is COc1ccc2c(c1)C(=O)CC(c1cc(C)cc(C)c1)O2. The molecule has 0 aromatic heterocycles. The molecular weight excluding hydrogens is 264 g/mol. The molecule has 2 aromatic carbocycles. The molecule has 0 spiro atoms. The zero-order valence-electron chi connectivity index (χ0n) is 12.5. The van der Waals surface area contributed by atoms with E-state index >= 15 is 0 Å². The summed E-state index contributed by atoms with van der Waals surface area (Å²) in [5.74, 6) is 1.41. The van der Waals surface area contributed by atoms with Crippen LogP contribution < -0.4 is 9.47 Å². The number of carbonyl (C=O) groups is 1. The molecule has 0 fully saturated rings. The zero-order chi connectivity index (χ0) is 15.0. The highest BCUT2D eigenvalue weighted by Crippen LogP contribution is 2.37. The van der Waals surface area contributed by atoms with Crippen LogP contribution in [0.15, 0.2) is 36.4 Å². The normalized spacial score (nSPS) is 17.1. The number of Topliss-reactive ketones (excluding diaryl/α,β-unsaturated/α-hetero) is 1. The van der Waals surface area contributed by atoms with Crippen molar-refractivity contribution in [1.82, 2.24) is 0 Å². The maximum Gasteiger partial charge on any atom is 0.170 e. The van der Waals surface area contributed by atoms with Crippen molar-refractivity contribution in [3.63, 3.8) is 0 Å². The van der Waals surface area contributed by atoms with Crippen LogP contribution in [0.2, 0.25) is 0 Å². The average molecular weight is 282 g/mol. The molecule has 3 heteroatoms. The number of hydrogen-bond donors (Lipinski definition) is 0. The van der Waals surface area contributed by atoms with Crippen LogP contribution >= 0.6 is 0 Å². The van der Waals surface area contributed by atoms with Crippen LogP contribution in [0, 0.1) is 13.8 Å². The summed E-state index contributed by atoms with van der Waals surface area (Å²) >= 11 is 0. The molecule has 21 heavy (non-hydrogen) atoms. The minimum atomic E-state index is -0.211. The Morgan fingerprint density at radius 2 is 1.81 bits per heavy atom. The lowest BCUT2D eigenvalue weighted by atomic mass is 9.94. The topological polar surface area (TPSA) is 35.5 Å². The lowest BCUT2D eigenvalue weighted by molar-refractivity contribution is 0.0849. The van der Waals surface area contributed by atoms with Crippen molar-refractivity contribution in [3.8, 4) is 11.5 Å². The molecule has 1 heterocycles. The van der Waals surface area contributed by atoms with Crippen molar-refractivity contribution in [1.29, 1.82) is 0 Å². The van der Waals surface area contributed by atoms with Gasteiger partial charge < -0.3 is 9.47 Å². The van der Waals surface area contributed by atoms with Crippen LogP contribution in [0.1, 0.15) is 39.6 Å². The van der Waals surface area contributed by atoms with Crippen molar-refractivity contribution >= 4 is 5.78 Å². The number of ketones is 1. The molecule has 0 bridgehead atoms. The highest BCUT2D eigenvalue weighted by atomic mass is 16.5. The van der Waals surface area contributed by atoms with Gasteiger partial charge in [0, 0.05) is 0 Å². The lowest BCUT2D eigenvalue weighted by Crippen LogP contribution is -2.20. The van der Waals surface area contributed by atoms with Crippen LogP contribution in [0.5, 0.6) is 11.5 Å². The number of rotatable bonds is 2.